The molecular formula is C19H19N5O2. The van der Waals surface area contributed by atoms with E-state index in [1.54, 1.807) is 18.5 Å². The van der Waals surface area contributed by atoms with Gasteiger partial charge in [-0.2, -0.15) is 0 Å². The molecule has 3 aromatic rings. The summed E-state index contributed by atoms with van der Waals surface area (Å²) in [7, 11) is 0. The Kier molecular flexibility index (Phi) is 4.37. The molecule has 0 amide bonds. The first-order valence-electron chi connectivity index (χ1n) is 8.39. The average Bonchev–Trinajstić information content (AvgIpc) is 3.23. The fourth-order valence-electron chi connectivity index (χ4n) is 2.98. The zero-order valence-electron chi connectivity index (χ0n) is 14.2. The van der Waals surface area contributed by atoms with Crippen molar-refractivity contribution in [3.05, 3.63) is 60.2 Å². The third kappa shape index (κ3) is 3.16. The highest BCUT2D eigenvalue weighted by Gasteiger charge is 2.16. The van der Waals surface area contributed by atoms with E-state index < -0.39 is 0 Å². The smallest absolute Gasteiger partial charge is 0.181 e. The molecule has 0 bridgehead atoms. The molecule has 0 radical (unpaired) electrons. The second-order valence-corrected chi connectivity index (χ2v) is 6.04. The van der Waals surface area contributed by atoms with Crippen LogP contribution in [0.15, 0.2) is 53.5 Å². The number of rotatable bonds is 4. The van der Waals surface area contributed by atoms with Crippen molar-refractivity contribution in [2.75, 3.05) is 36.9 Å². The fourth-order valence-corrected chi connectivity index (χ4v) is 2.98. The van der Waals surface area contributed by atoms with E-state index >= 15 is 0 Å². The molecule has 4 rings (SSSR count). The molecule has 0 saturated carbocycles. The number of nitrogens with two attached hydrogens (primary N) is 1. The van der Waals surface area contributed by atoms with Crippen LogP contribution in [0.3, 0.4) is 0 Å². The second kappa shape index (κ2) is 6.97. The maximum atomic E-state index is 8.65. The van der Waals surface area contributed by atoms with E-state index in [9.17, 15) is 0 Å². The average molecular weight is 349 g/mol. The number of nitrogens with zero attached hydrogens (tertiary/aromatic N) is 3. The molecule has 1 aromatic carbocycles. The summed E-state index contributed by atoms with van der Waals surface area (Å²) in [5.41, 5.74) is 9.27. The molecule has 0 unspecified atom stereocenters. The lowest BCUT2D eigenvalue weighted by Gasteiger charge is -2.28. The number of aromatic nitrogens is 2. The van der Waals surface area contributed by atoms with Crippen LogP contribution in [0.1, 0.15) is 11.1 Å². The van der Waals surface area contributed by atoms with Crippen LogP contribution in [0.25, 0.3) is 11.3 Å². The molecule has 0 aliphatic carbocycles. The topological polar surface area (TPSA) is 101 Å². The summed E-state index contributed by atoms with van der Waals surface area (Å²) >= 11 is 0. The summed E-state index contributed by atoms with van der Waals surface area (Å²) in [5.74, 6) is 1.49. The van der Waals surface area contributed by atoms with Crippen LogP contribution in [0.5, 0.6) is 0 Å². The van der Waals surface area contributed by atoms with E-state index in [1.165, 1.54) is 6.39 Å². The lowest BCUT2D eigenvalue weighted by molar-refractivity contribution is 0.122. The molecule has 0 atom stereocenters. The SMILES string of the molecule is N=C(c1ccnc(N2CCOCC2)c1)c1cc(-c2cnco2)ccc1N. The molecule has 1 fully saturated rings. The van der Waals surface area contributed by atoms with Gasteiger partial charge < -0.3 is 19.8 Å². The highest BCUT2D eigenvalue weighted by molar-refractivity contribution is 6.14. The van der Waals surface area contributed by atoms with Crippen molar-refractivity contribution in [3.63, 3.8) is 0 Å². The Labute approximate surface area is 150 Å². The van der Waals surface area contributed by atoms with Crippen molar-refractivity contribution < 1.29 is 9.15 Å². The molecule has 3 N–H and O–H groups in total. The number of pyridine rings is 1. The van der Waals surface area contributed by atoms with Crippen LogP contribution in [0, 0.1) is 5.41 Å². The Bertz CT molecular complexity index is 917. The van der Waals surface area contributed by atoms with Crippen LogP contribution < -0.4 is 10.6 Å². The molecule has 2 aromatic heterocycles. The number of hydrogen-bond donors (Lipinski definition) is 2. The molecule has 132 valence electrons. The van der Waals surface area contributed by atoms with Gasteiger partial charge in [0, 0.05) is 41.7 Å². The Morgan fingerprint density at radius 1 is 1.15 bits per heavy atom. The monoisotopic (exact) mass is 349 g/mol. The number of oxazole rings is 1. The molecule has 1 aliphatic rings. The van der Waals surface area contributed by atoms with Crippen LogP contribution in [0.4, 0.5) is 11.5 Å². The van der Waals surface area contributed by atoms with Gasteiger partial charge in [-0.25, -0.2) is 9.97 Å². The van der Waals surface area contributed by atoms with Gasteiger partial charge in [-0.3, -0.25) is 5.41 Å². The number of benzene rings is 1. The van der Waals surface area contributed by atoms with Crippen molar-refractivity contribution in [1.82, 2.24) is 9.97 Å². The summed E-state index contributed by atoms with van der Waals surface area (Å²) in [6.45, 7) is 2.98. The molecule has 3 heterocycles. The van der Waals surface area contributed by atoms with E-state index in [4.69, 9.17) is 20.3 Å². The lowest BCUT2D eigenvalue weighted by Crippen LogP contribution is -2.36. The minimum absolute atomic E-state index is 0.348. The maximum Gasteiger partial charge on any atom is 0.181 e. The number of ether oxygens (including phenoxy) is 1. The number of nitrogens with one attached hydrogen (secondary N) is 1. The van der Waals surface area contributed by atoms with Crippen molar-refractivity contribution in [3.8, 4) is 11.3 Å². The van der Waals surface area contributed by atoms with Crippen molar-refractivity contribution in [2.24, 2.45) is 0 Å². The molecule has 26 heavy (non-hydrogen) atoms. The standard InChI is InChI=1S/C19H19N5O2/c20-16-2-1-13(17-11-22-12-26-17)9-15(16)19(21)14-3-4-23-18(10-14)24-5-7-25-8-6-24/h1-4,9-12,21H,5-8,20H2. The van der Waals surface area contributed by atoms with Crippen LogP contribution in [0.2, 0.25) is 0 Å². The molecule has 7 nitrogen and oxygen atoms in total. The zero-order chi connectivity index (χ0) is 17.9. The highest BCUT2D eigenvalue weighted by atomic mass is 16.5. The van der Waals surface area contributed by atoms with Gasteiger partial charge in [0.2, 0.25) is 0 Å². The van der Waals surface area contributed by atoms with Crippen LogP contribution >= 0.6 is 0 Å². The number of anilines is 2. The second-order valence-electron chi connectivity index (χ2n) is 6.04. The summed E-state index contributed by atoms with van der Waals surface area (Å²) in [4.78, 5) is 10.5. The highest BCUT2D eigenvalue weighted by Crippen LogP contribution is 2.26. The van der Waals surface area contributed by atoms with E-state index in [0.717, 1.165) is 30.0 Å². The van der Waals surface area contributed by atoms with Crippen LogP contribution in [-0.2, 0) is 4.74 Å². The van der Waals surface area contributed by atoms with Crippen LogP contribution in [-0.4, -0.2) is 42.0 Å². The number of hydrogen-bond acceptors (Lipinski definition) is 7. The van der Waals surface area contributed by atoms with Gasteiger partial charge in [0.15, 0.2) is 12.2 Å². The minimum Gasteiger partial charge on any atom is -0.444 e. The molecule has 0 spiro atoms. The third-order valence-electron chi connectivity index (χ3n) is 4.41. The maximum absolute atomic E-state index is 8.65. The Morgan fingerprint density at radius 2 is 2.00 bits per heavy atom. The van der Waals surface area contributed by atoms with Crippen molar-refractivity contribution in [1.29, 1.82) is 5.41 Å². The van der Waals surface area contributed by atoms with E-state index in [0.29, 0.717) is 35.9 Å². The van der Waals surface area contributed by atoms with Crippen molar-refractivity contribution >= 4 is 17.2 Å². The minimum atomic E-state index is 0.348. The first kappa shape index (κ1) is 16.3. The summed E-state index contributed by atoms with van der Waals surface area (Å²) in [5, 5.41) is 8.65. The number of nitrogen functional groups attached to an aromatic ring is 1. The first-order valence-corrected chi connectivity index (χ1v) is 8.39. The van der Waals surface area contributed by atoms with Gasteiger partial charge >= 0.3 is 0 Å². The normalized spacial score (nSPS) is 14.4. The third-order valence-corrected chi connectivity index (χ3v) is 4.41. The predicted molar refractivity (Wildman–Crippen MR) is 99.6 cm³/mol. The largest absolute Gasteiger partial charge is 0.444 e. The molecule has 1 saturated heterocycles. The first-order chi connectivity index (χ1) is 12.7. The van der Waals surface area contributed by atoms with E-state index in [-0.39, 0.29) is 0 Å². The van der Waals surface area contributed by atoms with Gasteiger partial charge in [0.1, 0.15) is 5.82 Å². The Morgan fingerprint density at radius 3 is 2.77 bits per heavy atom. The summed E-state index contributed by atoms with van der Waals surface area (Å²) in [6, 6.07) is 9.25. The predicted octanol–water partition coefficient (Wildman–Crippen LogP) is 2.57. The van der Waals surface area contributed by atoms with E-state index in [1.807, 2.05) is 24.3 Å². The molecule has 1 aliphatic heterocycles. The van der Waals surface area contributed by atoms with Gasteiger partial charge in [0.05, 0.1) is 25.1 Å². The lowest BCUT2D eigenvalue weighted by atomic mass is 9.98. The Balaban J connectivity index is 1.66. The van der Waals surface area contributed by atoms with Gasteiger partial charge in [-0.15, -0.1) is 0 Å². The van der Waals surface area contributed by atoms with Gasteiger partial charge in [-0.05, 0) is 30.3 Å². The summed E-state index contributed by atoms with van der Waals surface area (Å²) in [6.07, 6.45) is 4.75. The molecular weight excluding hydrogens is 330 g/mol. The zero-order valence-corrected chi connectivity index (χ0v) is 14.2. The van der Waals surface area contributed by atoms with Gasteiger partial charge in [0.25, 0.3) is 0 Å². The summed E-state index contributed by atoms with van der Waals surface area (Å²) < 4.78 is 10.7. The quantitative estimate of drug-likeness (QED) is 0.554. The fraction of sp³-hybridized carbons (Fsp3) is 0.211. The Hall–Kier alpha value is -3.19. The van der Waals surface area contributed by atoms with E-state index in [2.05, 4.69) is 14.9 Å². The molecule has 7 heteroatoms. The van der Waals surface area contributed by atoms with Gasteiger partial charge in [-0.1, -0.05) is 0 Å². The van der Waals surface area contributed by atoms with Crippen molar-refractivity contribution in [2.45, 2.75) is 0 Å². The number of morpholine rings is 1.